The monoisotopic (exact) mass is 366 g/mol. The van der Waals surface area contributed by atoms with Gasteiger partial charge in [0, 0.05) is 37.1 Å². The first-order valence-corrected chi connectivity index (χ1v) is 9.54. The number of imidazole rings is 1. The van der Waals surface area contributed by atoms with Crippen molar-refractivity contribution in [3.8, 4) is 17.0 Å². The van der Waals surface area contributed by atoms with Crippen molar-refractivity contribution in [1.82, 2.24) is 14.3 Å². The van der Waals surface area contributed by atoms with Crippen LogP contribution in [0.25, 0.3) is 16.9 Å². The highest BCUT2D eigenvalue weighted by Crippen LogP contribution is 2.28. The SMILES string of the molecule is CCCOc1ccc(-c2nc3ccc(N)cn3c2CN2CCOCC2)cc1. The van der Waals surface area contributed by atoms with Gasteiger partial charge in [-0.1, -0.05) is 6.92 Å². The molecule has 1 aliphatic rings. The number of nitrogen functional groups attached to an aromatic ring is 1. The maximum atomic E-state index is 6.04. The fraction of sp³-hybridized carbons (Fsp3) is 0.381. The average molecular weight is 366 g/mol. The Morgan fingerprint density at radius 2 is 1.89 bits per heavy atom. The van der Waals surface area contributed by atoms with E-state index < -0.39 is 0 Å². The summed E-state index contributed by atoms with van der Waals surface area (Å²) in [5.41, 5.74) is 10.9. The van der Waals surface area contributed by atoms with Gasteiger partial charge in [-0.3, -0.25) is 4.90 Å². The van der Waals surface area contributed by atoms with Crippen molar-refractivity contribution >= 4 is 11.3 Å². The van der Waals surface area contributed by atoms with Crippen LogP contribution in [-0.4, -0.2) is 47.2 Å². The molecular weight excluding hydrogens is 340 g/mol. The highest BCUT2D eigenvalue weighted by molar-refractivity contribution is 5.68. The zero-order chi connectivity index (χ0) is 18.6. The summed E-state index contributed by atoms with van der Waals surface area (Å²) < 4.78 is 13.3. The molecule has 0 atom stereocenters. The number of morpholine rings is 1. The first-order chi connectivity index (χ1) is 13.2. The number of nitrogens with zero attached hydrogens (tertiary/aromatic N) is 3. The van der Waals surface area contributed by atoms with Gasteiger partial charge in [-0.05, 0) is 42.8 Å². The highest BCUT2D eigenvalue weighted by Gasteiger charge is 2.19. The third kappa shape index (κ3) is 3.91. The Labute approximate surface area is 159 Å². The molecule has 1 aromatic carbocycles. The number of anilines is 1. The number of hydrogen-bond acceptors (Lipinski definition) is 5. The van der Waals surface area contributed by atoms with E-state index in [1.807, 2.05) is 30.5 Å². The fourth-order valence-electron chi connectivity index (χ4n) is 3.39. The van der Waals surface area contributed by atoms with Gasteiger partial charge in [0.25, 0.3) is 0 Å². The van der Waals surface area contributed by atoms with Crippen molar-refractivity contribution in [2.45, 2.75) is 19.9 Å². The van der Waals surface area contributed by atoms with Crippen LogP contribution in [0.4, 0.5) is 5.69 Å². The predicted molar refractivity (Wildman–Crippen MR) is 107 cm³/mol. The lowest BCUT2D eigenvalue weighted by Gasteiger charge is -2.26. The molecule has 2 N–H and O–H groups in total. The minimum Gasteiger partial charge on any atom is -0.494 e. The summed E-state index contributed by atoms with van der Waals surface area (Å²) in [5, 5.41) is 0. The number of rotatable bonds is 6. The topological polar surface area (TPSA) is 65.0 Å². The predicted octanol–water partition coefficient (Wildman–Crippen LogP) is 3.20. The minimum absolute atomic E-state index is 0.731. The molecule has 0 spiro atoms. The van der Waals surface area contributed by atoms with E-state index >= 15 is 0 Å². The second-order valence-corrected chi connectivity index (χ2v) is 6.86. The first kappa shape index (κ1) is 17.8. The van der Waals surface area contributed by atoms with Crippen molar-refractivity contribution < 1.29 is 9.47 Å². The molecule has 27 heavy (non-hydrogen) atoms. The quantitative estimate of drug-likeness (QED) is 0.726. The van der Waals surface area contributed by atoms with Crippen LogP contribution in [0.1, 0.15) is 19.0 Å². The van der Waals surface area contributed by atoms with Crippen LogP contribution in [0.15, 0.2) is 42.6 Å². The first-order valence-electron chi connectivity index (χ1n) is 9.54. The number of nitrogens with two attached hydrogens (primary N) is 1. The smallest absolute Gasteiger partial charge is 0.137 e. The molecule has 0 saturated carbocycles. The van der Waals surface area contributed by atoms with Crippen molar-refractivity contribution in [1.29, 1.82) is 0 Å². The lowest BCUT2D eigenvalue weighted by molar-refractivity contribution is 0.0336. The Hall–Kier alpha value is -2.57. The summed E-state index contributed by atoms with van der Waals surface area (Å²) in [7, 11) is 0. The summed E-state index contributed by atoms with van der Waals surface area (Å²) in [6.07, 6.45) is 2.96. The number of pyridine rings is 1. The molecular formula is C21H26N4O2. The minimum atomic E-state index is 0.731. The molecule has 1 fully saturated rings. The highest BCUT2D eigenvalue weighted by atomic mass is 16.5. The molecule has 3 aromatic rings. The van der Waals surface area contributed by atoms with Crippen LogP contribution in [-0.2, 0) is 11.3 Å². The van der Waals surface area contributed by atoms with E-state index in [0.717, 1.165) is 79.9 Å². The van der Waals surface area contributed by atoms with Gasteiger partial charge in [0.15, 0.2) is 0 Å². The van der Waals surface area contributed by atoms with Crippen molar-refractivity contribution in [3.63, 3.8) is 0 Å². The summed E-state index contributed by atoms with van der Waals surface area (Å²) in [6.45, 7) is 7.06. The van der Waals surface area contributed by atoms with Gasteiger partial charge >= 0.3 is 0 Å². The van der Waals surface area contributed by atoms with Crippen LogP contribution >= 0.6 is 0 Å². The Bertz CT molecular complexity index is 898. The van der Waals surface area contributed by atoms with Gasteiger partial charge in [-0.15, -0.1) is 0 Å². The van der Waals surface area contributed by atoms with Gasteiger partial charge in [-0.2, -0.15) is 0 Å². The van der Waals surface area contributed by atoms with Crippen LogP contribution < -0.4 is 10.5 Å². The molecule has 1 aliphatic heterocycles. The van der Waals surface area contributed by atoms with Crippen molar-refractivity contribution in [2.75, 3.05) is 38.6 Å². The fourth-order valence-corrected chi connectivity index (χ4v) is 3.39. The Balaban J connectivity index is 1.71. The molecule has 0 amide bonds. The molecule has 0 bridgehead atoms. The Morgan fingerprint density at radius 1 is 1.11 bits per heavy atom. The van der Waals surface area contributed by atoms with Crippen LogP contribution in [0, 0.1) is 0 Å². The molecule has 4 rings (SSSR count). The Morgan fingerprint density at radius 3 is 2.63 bits per heavy atom. The molecule has 142 valence electrons. The number of fused-ring (bicyclic) bond motifs is 1. The van der Waals surface area contributed by atoms with Crippen LogP contribution in [0.5, 0.6) is 5.75 Å². The third-order valence-electron chi connectivity index (χ3n) is 4.82. The zero-order valence-electron chi connectivity index (χ0n) is 15.7. The van der Waals surface area contributed by atoms with Gasteiger partial charge in [0.1, 0.15) is 11.4 Å². The van der Waals surface area contributed by atoms with Gasteiger partial charge < -0.3 is 19.6 Å². The molecule has 0 radical (unpaired) electrons. The molecule has 0 unspecified atom stereocenters. The van der Waals surface area contributed by atoms with E-state index in [9.17, 15) is 0 Å². The van der Waals surface area contributed by atoms with E-state index in [-0.39, 0.29) is 0 Å². The standard InChI is InChI=1S/C21H26N4O2/c1-2-11-27-18-6-3-16(4-7-18)21-19(15-24-9-12-26-13-10-24)25-14-17(22)5-8-20(25)23-21/h3-8,14H,2,9-13,15,22H2,1H3. The molecule has 6 nitrogen and oxygen atoms in total. The Kier molecular flexibility index (Phi) is 5.27. The number of benzene rings is 1. The van der Waals surface area contributed by atoms with E-state index in [2.05, 4.69) is 28.4 Å². The molecule has 0 aliphatic carbocycles. The van der Waals surface area contributed by atoms with Gasteiger partial charge in [0.05, 0.1) is 31.2 Å². The maximum absolute atomic E-state index is 6.04. The van der Waals surface area contributed by atoms with E-state index in [0.29, 0.717) is 0 Å². The molecule has 1 saturated heterocycles. The second-order valence-electron chi connectivity index (χ2n) is 6.86. The lowest BCUT2D eigenvalue weighted by Crippen LogP contribution is -2.36. The van der Waals surface area contributed by atoms with Gasteiger partial charge in [0.2, 0.25) is 0 Å². The van der Waals surface area contributed by atoms with Crippen molar-refractivity contribution in [2.24, 2.45) is 0 Å². The molecule has 3 heterocycles. The number of ether oxygens (including phenoxy) is 2. The summed E-state index contributed by atoms with van der Waals surface area (Å²) in [5.74, 6) is 0.892. The number of aromatic nitrogens is 2. The largest absolute Gasteiger partial charge is 0.494 e. The summed E-state index contributed by atoms with van der Waals surface area (Å²) in [4.78, 5) is 7.29. The molecule has 6 heteroatoms. The average Bonchev–Trinajstić information content (AvgIpc) is 3.05. The van der Waals surface area contributed by atoms with Crippen LogP contribution in [0.3, 0.4) is 0 Å². The lowest BCUT2D eigenvalue weighted by atomic mass is 10.1. The second kappa shape index (κ2) is 7.98. The van der Waals surface area contributed by atoms with E-state index in [1.54, 1.807) is 0 Å². The summed E-state index contributed by atoms with van der Waals surface area (Å²) in [6, 6.07) is 12.1. The van der Waals surface area contributed by atoms with Crippen LogP contribution in [0.2, 0.25) is 0 Å². The molecule has 2 aromatic heterocycles. The maximum Gasteiger partial charge on any atom is 0.137 e. The normalized spacial score (nSPS) is 15.3. The van der Waals surface area contributed by atoms with E-state index in [1.165, 1.54) is 0 Å². The third-order valence-corrected chi connectivity index (χ3v) is 4.82. The zero-order valence-corrected chi connectivity index (χ0v) is 15.7. The van der Waals surface area contributed by atoms with Crippen molar-refractivity contribution in [3.05, 3.63) is 48.3 Å². The summed E-state index contributed by atoms with van der Waals surface area (Å²) >= 11 is 0. The van der Waals surface area contributed by atoms with E-state index in [4.69, 9.17) is 20.2 Å². The number of hydrogen-bond donors (Lipinski definition) is 1. The van der Waals surface area contributed by atoms with Gasteiger partial charge in [-0.25, -0.2) is 4.98 Å².